The van der Waals surface area contributed by atoms with E-state index in [1.54, 1.807) is 0 Å². The van der Waals surface area contributed by atoms with Crippen LogP contribution in [0.1, 0.15) is 33.9 Å². The summed E-state index contributed by atoms with van der Waals surface area (Å²) in [6.45, 7) is 4.33. The first kappa shape index (κ1) is 17.4. The molecule has 5 rings (SSSR count). The van der Waals surface area contributed by atoms with E-state index < -0.39 is 0 Å². The van der Waals surface area contributed by atoms with Gasteiger partial charge in [0.15, 0.2) is 0 Å². The minimum absolute atomic E-state index is 0.949. The second kappa shape index (κ2) is 6.42. The Kier molecular flexibility index (Phi) is 3.99. The summed E-state index contributed by atoms with van der Waals surface area (Å²) in [7, 11) is 2.12. The number of aryl methyl sites for hydroxylation is 3. The molecule has 0 spiro atoms. The molecule has 28 heavy (non-hydrogen) atoms. The zero-order valence-electron chi connectivity index (χ0n) is 15.9. The van der Waals surface area contributed by atoms with Crippen LogP contribution in [0.3, 0.4) is 0 Å². The number of nitrogens with one attached hydrogen (secondary N) is 1. The van der Waals surface area contributed by atoms with Crippen LogP contribution in [0.25, 0.3) is 46.4 Å². The van der Waals surface area contributed by atoms with Gasteiger partial charge in [0.05, 0.1) is 0 Å². The van der Waals surface area contributed by atoms with Crippen molar-refractivity contribution in [1.82, 2.24) is 19.5 Å². The third-order valence-electron chi connectivity index (χ3n) is 5.27. The maximum atomic E-state index is 4.85. The number of fused-ring (bicyclic) bond motifs is 8. The zero-order valence-corrected chi connectivity index (χ0v) is 18.1. The van der Waals surface area contributed by atoms with Crippen LogP contribution in [0.2, 0.25) is 0 Å². The van der Waals surface area contributed by atoms with E-state index in [1.165, 1.54) is 26.1 Å². The Bertz CT molecular complexity index is 1350. The van der Waals surface area contributed by atoms with E-state index in [1.807, 2.05) is 0 Å². The molecule has 0 saturated heterocycles. The fourth-order valence-corrected chi connectivity index (χ4v) is 4.70. The van der Waals surface area contributed by atoms with Gasteiger partial charge in [0.2, 0.25) is 0 Å². The van der Waals surface area contributed by atoms with E-state index in [0.29, 0.717) is 0 Å². The van der Waals surface area contributed by atoms with Gasteiger partial charge in [0.1, 0.15) is 0 Å². The summed E-state index contributed by atoms with van der Waals surface area (Å²) in [6, 6.07) is 10.4. The number of nitrogens with zero attached hydrogens (tertiary/aromatic N) is 3. The summed E-state index contributed by atoms with van der Waals surface area (Å²) in [6.07, 6.45) is 8.30. The Morgan fingerprint density at radius 2 is 1.43 bits per heavy atom. The molecule has 0 fully saturated rings. The molecule has 5 heteroatoms. The monoisotopic (exact) mass is 546 g/mol. The van der Waals surface area contributed by atoms with Crippen molar-refractivity contribution in [1.29, 1.82) is 0 Å². The molecule has 0 saturated carbocycles. The summed E-state index contributed by atoms with van der Waals surface area (Å²) >= 11 is 2.42. The van der Waals surface area contributed by atoms with E-state index in [4.69, 9.17) is 9.97 Å². The fourth-order valence-electron chi connectivity index (χ4n) is 3.89. The molecule has 0 aromatic carbocycles. The first-order valence-electron chi connectivity index (χ1n) is 9.16. The standard InChI is InChI=1S/C23H19N4.Pt/c1-14-10-21-13-20-7-6-17(25-20)11-16-4-5-18(24-16)12-19-8-9-22(26-19)15(2)23(14)27(21)3;/h4-9,11-13,24H,1-3H3;. The van der Waals surface area contributed by atoms with Crippen LogP contribution < -0.4 is 3.95 Å². The van der Waals surface area contributed by atoms with Crippen LogP contribution in [-0.2, 0) is 26.9 Å². The molecule has 0 radical (unpaired) electrons. The van der Waals surface area contributed by atoms with Crippen LogP contribution in [0, 0.1) is 13.8 Å². The van der Waals surface area contributed by atoms with Gasteiger partial charge in [0, 0.05) is 0 Å². The quantitative estimate of drug-likeness (QED) is 0.312. The third-order valence-corrected chi connectivity index (χ3v) is 6.71. The molecule has 0 atom stereocenters. The van der Waals surface area contributed by atoms with Gasteiger partial charge >= 0.3 is 175 Å². The Balaban J connectivity index is 1.97. The summed E-state index contributed by atoms with van der Waals surface area (Å²) in [4.78, 5) is 13.0. The molecule has 0 amide bonds. The van der Waals surface area contributed by atoms with Crippen LogP contribution in [0.4, 0.5) is 0 Å². The molecule has 8 bridgehead atoms. The van der Waals surface area contributed by atoms with E-state index in [-0.39, 0.29) is 0 Å². The summed E-state index contributed by atoms with van der Waals surface area (Å²) in [5.74, 6) is 0. The summed E-state index contributed by atoms with van der Waals surface area (Å²) in [5.41, 5.74) is 10.8. The van der Waals surface area contributed by atoms with Gasteiger partial charge in [-0.1, -0.05) is 0 Å². The van der Waals surface area contributed by atoms with Crippen molar-refractivity contribution in [3.05, 3.63) is 64.2 Å². The van der Waals surface area contributed by atoms with Gasteiger partial charge in [-0.15, -0.1) is 0 Å². The van der Waals surface area contributed by atoms with Crippen LogP contribution in [0.15, 0.2) is 30.3 Å². The SMILES string of the molecule is Cc1c2nc(cc3ccc(cc4nc(cc5[c]([Pt])c(C)c1n5C)C=C4)[nH]3)C=C2. The van der Waals surface area contributed by atoms with Crippen molar-refractivity contribution >= 4 is 50.3 Å². The van der Waals surface area contributed by atoms with Crippen molar-refractivity contribution in [3.63, 3.8) is 0 Å². The van der Waals surface area contributed by atoms with Crippen molar-refractivity contribution in [2.45, 2.75) is 13.8 Å². The van der Waals surface area contributed by atoms with Gasteiger partial charge in [0.25, 0.3) is 0 Å². The Morgan fingerprint density at radius 3 is 2.14 bits per heavy atom. The number of aromatic nitrogens is 4. The molecule has 0 unspecified atom stereocenters. The third kappa shape index (κ3) is 2.80. The van der Waals surface area contributed by atoms with E-state index in [2.05, 4.69) is 105 Å². The van der Waals surface area contributed by atoms with Gasteiger partial charge in [-0.3, -0.25) is 0 Å². The van der Waals surface area contributed by atoms with Crippen LogP contribution >= 0.6 is 0 Å². The second-order valence-corrected chi connectivity index (χ2v) is 8.31. The van der Waals surface area contributed by atoms with E-state index in [0.717, 1.165) is 33.8 Å². The number of rotatable bonds is 0. The number of aromatic amines is 1. The van der Waals surface area contributed by atoms with Crippen molar-refractivity contribution in [3.8, 4) is 0 Å². The normalized spacial score (nSPS) is 12.8. The minimum atomic E-state index is 0.949. The number of hydrogen-bond acceptors (Lipinski definition) is 2. The van der Waals surface area contributed by atoms with Crippen molar-refractivity contribution in [2.75, 3.05) is 0 Å². The molecular weight excluding hydrogens is 527 g/mol. The fraction of sp³-hybridized carbons (Fsp3) is 0.130. The summed E-state index contributed by atoms with van der Waals surface area (Å²) in [5, 5.41) is 0. The van der Waals surface area contributed by atoms with Gasteiger partial charge < -0.3 is 0 Å². The molecule has 3 aromatic rings. The Morgan fingerprint density at radius 1 is 0.821 bits per heavy atom. The molecular formula is C23H19N4Pt. The van der Waals surface area contributed by atoms with Crippen molar-refractivity contribution in [2.24, 2.45) is 7.05 Å². The predicted molar refractivity (Wildman–Crippen MR) is 113 cm³/mol. The molecule has 3 aromatic heterocycles. The van der Waals surface area contributed by atoms with Crippen LogP contribution in [-0.4, -0.2) is 19.5 Å². The Hall–Kier alpha value is -2.71. The van der Waals surface area contributed by atoms with Gasteiger partial charge in [-0.25, -0.2) is 0 Å². The maximum absolute atomic E-state index is 4.85. The predicted octanol–water partition coefficient (Wildman–Crippen LogP) is 4.45. The Labute approximate surface area is 174 Å². The number of H-pyrrole nitrogens is 1. The first-order chi connectivity index (χ1) is 13.5. The first-order valence-corrected chi connectivity index (χ1v) is 10.3. The van der Waals surface area contributed by atoms with Gasteiger partial charge in [-0.2, -0.15) is 0 Å². The van der Waals surface area contributed by atoms with Crippen molar-refractivity contribution < 1.29 is 19.8 Å². The van der Waals surface area contributed by atoms with E-state index in [9.17, 15) is 0 Å². The van der Waals surface area contributed by atoms with E-state index >= 15 is 0 Å². The summed E-state index contributed by atoms with van der Waals surface area (Å²) < 4.78 is 3.51. The second-order valence-electron chi connectivity index (χ2n) is 7.18. The molecule has 4 nitrogen and oxygen atoms in total. The van der Waals surface area contributed by atoms with Crippen LogP contribution in [0.5, 0.6) is 0 Å². The zero-order chi connectivity index (χ0) is 19.4. The molecule has 2 aliphatic rings. The molecule has 1 N–H and O–H groups in total. The molecule has 5 heterocycles. The topological polar surface area (TPSA) is 46.5 Å². The van der Waals surface area contributed by atoms with Gasteiger partial charge in [-0.05, 0) is 0 Å². The average molecular weight is 547 g/mol. The average Bonchev–Trinajstić information content (AvgIpc) is 3.43. The molecule has 141 valence electrons. The number of hydrogen-bond donors (Lipinski definition) is 1. The molecule has 0 aliphatic carbocycles. The molecule has 2 aliphatic heterocycles.